The van der Waals surface area contributed by atoms with Gasteiger partial charge in [0, 0.05) is 0 Å². The van der Waals surface area contributed by atoms with Crippen molar-refractivity contribution in [1.82, 2.24) is 0 Å². The van der Waals surface area contributed by atoms with Gasteiger partial charge in [0.1, 0.15) is 5.75 Å². The predicted molar refractivity (Wildman–Crippen MR) is 162 cm³/mol. The summed E-state index contributed by atoms with van der Waals surface area (Å²) in [7, 11) is -0.142. The highest BCUT2D eigenvalue weighted by Gasteiger charge is 2.28. The molecule has 0 radical (unpaired) electrons. The number of allylic oxidation sites excluding steroid dienone is 1. The van der Waals surface area contributed by atoms with Crippen LogP contribution in [-0.2, 0) is 23.8 Å². The fourth-order valence-corrected chi connectivity index (χ4v) is 7.95. The van der Waals surface area contributed by atoms with E-state index in [-0.39, 0.29) is 6.10 Å². The molecule has 0 saturated carbocycles. The lowest BCUT2D eigenvalue weighted by Crippen LogP contribution is -2.36. The molecule has 0 heterocycles. The van der Waals surface area contributed by atoms with Gasteiger partial charge in [0.05, 0.1) is 34.0 Å². The summed E-state index contributed by atoms with van der Waals surface area (Å²) in [5.74, 6) is 0.838. The van der Waals surface area contributed by atoms with Crippen molar-refractivity contribution < 1.29 is 14.6 Å². The number of ether oxygens (including phenoxy) is 2. The summed E-state index contributed by atoms with van der Waals surface area (Å²) in [6.45, 7) is 7.56. The quantitative estimate of drug-likeness (QED) is 0.190. The summed E-state index contributed by atoms with van der Waals surface area (Å²) >= 11 is 0. The Morgan fingerprint density at radius 2 is 1.47 bits per heavy atom. The Kier molecular flexibility index (Phi) is 12.3. The number of hydrogen-bond acceptors (Lipinski definition) is 3. The molecule has 3 aromatic rings. The molecule has 1 N–H and O–H groups in total. The molecule has 3 nitrogen and oxygen atoms in total. The highest BCUT2D eigenvalue weighted by atomic mass is 28.3. The molecule has 0 aliphatic carbocycles. The molecule has 0 saturated heterocycles. The molecule has 204 valence electrons. The van der Waals surface area contributed by atoms with E-state index in [2.05, 4.69) is 86.8 Å². The lowest BCUT2D eigenvalue weighted by Gasteiger charge is -2.29. The van der Waals surface area contributed by atoms with Crippen molar-refractivity contribution in [3.05, 3.63) is 113 Å². The Bertz CT molecular complexity index is 1080. The van der Waals surface area contributed by atoms with Crippen LogP contribution in [0.2, 0.25) is 13.1 Å². The van der Waals surface area contributed by atoms with Gasteiger partial charge in [0.2, 0.25) is 0 Å². The summed E-state index contributed by atoms with van der Waals surface area (Å²) < 4.78 is 11.6. The van der Waals surface area contributed by atoms with Crippen molar-refractivity contribution in [2.45, 2.75) is 83.4 Å². The van der Waals surface area contributed by atoms with Crippen LogP contribution < -0.4 is 4.74 Å². The van der Waals surface area contributed by atoms with Gasteiger partial charge in [-0.2, -0.15) is 0 Å². The fourth-order valence-electron chi connectivity index (χ4n) is 4.99. The van der Waals surface area contributed by atoms with Crippen LogP contribution in [0.25, 0.3) is 0 Å². The van der Waals surface area contributed by atoms with Gasteiger partial charge in [0.25, 0.3) is 0 Å². The highest BCUT2D eigenvalue weighted by molar-refractivity contribution is 6.83. The van der Waals surface area contributed by atoms with Gasteiger partial charge >= 0.3 is 0 Å². The van der Waals surface area contributed by atoms with E-state index < -0.39 is 14.2 Å². The molecule has 0 aromatic heterocycles. The van der Waals surface area contributed by atoms with Crippen LogP contribution in [0.5, 0.6) is 5.75 Å². The van der Waals surface area contributed by atoms with Gasteiger partial charge in [-0.1, -0.05) is 122 Å². The second kappa shape index (κ2) is 15.7. The minimum absolute atomic E-state index is 0.220. The van der Waals surface area contributed by atoms with Crippen LogP contribution in [0.1, 0.15) is 55.7 Å². The van der Waals surface area contributed by atoms with Gasteiger partial charge < -0.3 is 14.6 Å². The van der Waals surface area contributed by atoms with E-state index in [1.807, 2.05) is 24.3 Å². The Morgan fingerprint density at radius 3 is 2.08 bits per heavy atom. The molecule has 0 aliphatic heterocycles. The molecular weight excluding hydrogens is 484 g/mol. The summed E-state index contributed by atoms with van der Waals surface area (Å²) in [4.78, 5) is 0. The van der Waals surface area contributed by atoms with Crippen molar-refractivity contribution in [3.8, 4) is 5.75 Å². The van der Waals surface area contributed by atoms with E-state index in [0.717, 1.165) is 55.9 Å². The molecule has 2 atom stereocenters. The van der Waals surface area contributed by atoms with E-state index >= 15 is 0 Å². The van der Waals surface area contributed by atoms with Crippen molar-refractivity contribution in [3.63, 3.8) is 0 Å². The minimum atomic E-state index is -1.82. The van der Waals surface area contributed by atoms with Crippen molar-refractivity contribution in [1.29, 1.82) is 0 Å². The summed E-state index contributed by atoms with van der Waals surface area (Å²) in [6, 6.07) is 30.6. The van der Waals surface area contributed by atoms with E-state index in [1.165, 1.54) is 16.3 Å². The lowest BCUT2D eigenvalue weighted by molar-refractivity contribution is -0.0321. The van der Waals surface area contributed by atoms with Crippen LogP contribution >= 0.6 is 0 Å². The molecule has 3 rings (SSSR count). The van der Waals surface area contributed by atoms with Gasteiger partial charge in [-0.05, 0) is 55.0 Å². The SMILES string of the molecule is CCCC[C@H](OCc1ccc(OC)cc1)[C@@H](O)/C=C(/CCCc1ccccc1)[Si](C)(C)Cc1ccccc1. The number of aliphatic hydroxyl groups is 1. The summed E-state index contributed by atoms with van der Waals surface area (Å²) in [5.41, 5.74) is 3.84. The molecule has 0 fully saturated rings. The number of aryl methyl sites for hydroxylation is 1. The first kappa shape index (κ1) is 29.9. The molecule has 0 bridgehead atoms. The Morgan fingerprint density at radius 1 is 0.842 bits per heavy atom. The van der Waals surface area contributed by atoms with Crippen LogP contribution in [0.15, 0.2) is 96.2 Å². The number of rotatable bonds is 16. The Balaban J connectivity index is 1.77. The molecule has 4 heteroatoms. The third-order valence-corrected chi connectivity index (χ3v) is 10.8. The normalized spacial score (nSPS) is 13.8. The smallest absolute Gasteiger partial charge is 0.118 e. The molecule has 0 unspecified atom stereocenters. The zero-order chi connectivity index (χ0) is 27.2. The van der Waals surface area contributed by atoms with Gasteiger partial charge in [-0.15, -0.1) is 0 Å². The van der Waals surface area contributed by atoms with E-state index in [9.17, 15) is 5.11 Å². The van der Waals surface area contributed by atoms with Crippen LogP contribution in [0, 0.1) is 0 Å². The molecule has 38 heavy (non-hydrogen) atoms. The monoisotopic (exact) mass is 530 g/mol. The second-order valence-corrected chi connectivity index (χ2v) is 15.7. The van der Waals surface area contributed by atoms with Crippen molar-refractivity contribution in [2.75, 3.05) is 7.11 Å². The number of benzene rings is 3. The summed E-state index contributed by atoms with van der Waals surface area (Å²) in [5, 5.41) is 13.0. The van der Waals surface area contributed by atoms with Crippen LogP contribution in [0.3, 0.4) is 0 Å². The minimum Gasteiger partial charge on any atom is -0.497 e. The van der Waals surface area contributed by atoms with Gasteiger partial charge in [0.15, 0.2) is 0 Å². The number of aliphatic hydroxyl groups excluding tert-OH is 1. The van der Waals surface area contributed by atoms with Gasteiger partial charge in [-0.25, -0.2) is 0 Å². The first-order chi connectivity index (χ1) is 18.4. The maximum atomic E-state index is 11.5. The average Bonchev–Trinajstić information content (AvgIpc) is 2.93. The number of methoxy groups -OCH3 is 1. The zero-order valence-corrected chi connectivity index (χ0v) is 24.7. The van der Waals surface area contributed by atoms with Crippen LogP contribution in [0.4, 0.5) is 0 Å². The maximum Gasteiger partial charge on any atom is 0.118 e. The standard InChI is InChI=1S/C34H46O3Si/c1-5-6-20-34(37-26-29-21-23-31(36-2)24-22-29)33(35)25-32(19-13-18-28-14-9-7-10-15-28)38(3,4)27-30-16-11-8-12-17-30/h7-12,14-17,21-25,33-35H,5-6,13,18-20,26-27H2,1-4H3/b32-25-/t33-,34-/m0/s1. The van der Waals surface area contributed by atoms with E-state index in [0.29, 0.717) is 6.61 Å². The first-order valence-corrected chi connectivity index (χ1v) is 17.3. The lowest BCUT2D eigenvalue weighted by atomic mass is 10.0. The van der Waals surface area contributed by atoms with Gasteiger partial charge in [-0.3, -0.25) is 0 Å². The Labute approximate surface area is 231 Å². The number of hydrogen-bond donors (Lipinski definition) is 1. The topological polar surface area (TPSA) is 38.7 Å². The predicted octanol–water partition coefficient (Wildman–Crippen LogP) is 8.11. The fraction of sp³-hybridized carbons (Fsp3) is 0.412. The molecule has 0 amide bonds. The second-order valence-electron chi connectivity index (χ2n) is 10.9. The first-order valence-electron chi connectivity index (χ1n) is 14.1. The highest BCUT2D eigenvalue weighted by Crippen LogP contribution is 2.27. The molecule has 0 aliphatic rings. The van der Waals surface area contributed by atoms with Crippen LogP contribution in [-0.4, -0.2) is 32.5 Å². The third kappa shape index (κ3) is 9.90. The number of unbranched alkanes of at least 4 members (excludes halogenated alkanes) is 1. The molecule has 3 aromatic carbocycles. The average molecular weight is 531 g/mol. The van der Waals surface area contributed by atoms with Crippen molar-refractivity contribution >= 4 is 8.07 Å². The van der Waals surface area contributed by atoms with Crippen molar-refractivity contribution in [2.24, 2.45) is 0 Å². The molecular formula is C34H46O3Si. The maximum absolute atomic E-state index is 11.5. The largest absolute Gasteiger partial charge is 0.497 e. The van der Waals surface area contributed by atoms with E-state index in [1.54, 1.807) is 7.11 Å². The zero-order valence-electron chi connectivity index (χ0n) is 23.7. The third-order valence-electron chi connectivity index (χ3n) is 7.33. The van der Waals surface area contributed by atoms with E-state index in [4.69, 9.17) is 9.47 Å². The molecule has 0 spiro atoms. The Hall–Kier alpha value is -2.66. The summed E-state index contributed by atoms with van der Waals surface area (Å²) in [6.07, 6.45) is 7.45.